The Balaban J connectivity index is 2.02. The SMILES string of the molecule is CC(C)COc1ccc(-n2cc(C(=O)O)cn2)cc1-c1cncnc1. The summed E-state index contributed by atoms with van der Waals surface area (Å²) in [7, 11) is 0. The number of rotatable bonds is 6. The molecule has 25 heavy (non-hydrogen) atoms. The first-order valence-electron chi connectivity index (χ1n) is 7.85. The predicted molar refractivity (Wildman–Crippen MR) is 91.9 cm³/mol. The Hall–Kier alpha value is -3.22. The van der Waals surface area contributed by atoms with Gasteiger partial charge in [0.1, 0.15) is 12.1 Å². The average molecular weight is 338 g/mol. The predicted octanol–water partition coefficient (Wildman–Crippen LogP) is 3.06. The standard InChI is InChI=1S/C18H18N4O3/c1-12(2)10-25-17-4-3-15(22-9-14(8-21-22)18(23)24)5-16(17)13-6-19-11-20-7-13/h3-9,11-12H,10H2,1-2H3,(H,23,24). The Morgan fingerprint density at radius 1 is 1.24 bits per heavy atom. The van der Waals surface area contributed by atoms with Crippen LogP contribution in [0.4, 0.5) is 0 Å². The quantitative estimate of drug-likeness (QED) is 0.743. The topological polar surface area (TPSA) is 90.1 Å². The second-order valence-corrected chi connectivity index (χ2v) is 5.99. The maximum absolute atomic E-state index is 11.0. The number of ether oxygens (including phenoxy) is 1. The fraction of sp³-hybridized carbons (Fsp3) is 0.222. The van der Waals surface area contributed by atoms with Gasteiger partial charge in [0.15, 0.2) is 0 Å². The molecule has 1 aromatic carbocycles. The minimum atomic E-state index is -1.01. The highest BCUT2D eigenvalue weighted by molar-refractivity contribution is 5.87. The molecule has 7 nitrogen and oxygen atoms in total. The number of hydrogen-bond acceptors (Lipinski definition) is 5. The number of aromatic nitrogens is 4. The number of aromatic carboxylic acids is 1. The number of nitrogens with zero attached hydrogens (tertiary/aromatic N) is 4. The zero-order valence-corrected chi connectivity index (χ0v) is 14.0. The smallest absolute Gasteiger partial charge is 0.338 e. The lowest BCUT2D eigenvalue weighted by Crippen LogP contribution is -2.06. The normalized spacial score (nSPS) is 10.8. The Labute approximate surface area is 144 Å². The first kappa shape index (κ1) is 16.6. The highest BCUT2D eigenvalue weighted by atomic mass is 16.5. The molecule has 3 rings (SSSR count). The fourth-order valence-corrected chi connectivity index (χ4v) is 2.28. The lowest BCUT2D eigenvalue weighted by Gasteiger charge is -2.14. The van der Waals surface area contributed by atoms with E-state index in [9.17, 15) is 4.79 Å². The van der Waals surface area contributed by atoms with Crippen molar-refractivity contribution in [3.63, 3.8) is 0 Å². The van der Waals surface area contributed by atoms with Gasteiger partial charge in [0.2, 0.25) is 0 Å². The van der Waals surface area contributed by atoms with Crippen molar-refractivity contribution in [3.05, 3.63) is 54.9 Å². The van der Waals surface area contributed by atoms with E-state index in [-0.39, 0.29) is 5.56 Å². The molecule has 0 fully saturated rings. The third kappa shape index (κ3) is 3.82. The number of carbonyl (C=O) groups is 1. The van der Waals surface area contributed by atoms with Crippen LogP contribution in [0.1, 0.15) is 24.2 Å². The van der Waals surface area contributed by atoms with Gasteiger partial charge in [-0.25, -0.2) is 19.4 Å². The van der Waals surface area contributed by atoms with E-state index in [4.69, 9.17) is 9.84 Å². The molecule has 0 bridgehead atoms. The summed E-state index contributed by atoms with van der Waals surface area (Å²) in [5.74, 6) is 0.0986. The molecule has 0 aliphatic heterocycles. The molecule has 0 atom stereocenters. The van der Waals surface area contributed by atoms with Gasteiger partial charge >= 0.3 is 5.97 Å². The lowest BCUT2D eigenvalue weighted by molar-refractivity contribution is 0.0697. The zero-order valence-electron chi connectivity index (χ0n) is 14.0. The number of benzene rings is 1. The molecule has 0 aliphatic carbocycles. The molecule has 128 valence electrons. The Bertz CT molecular complexity index is 875. The number of carboxylic acid groups (broad SMARTS) is 1. The van der Waals surface area contributed by atoms with Gasteiger partial charge < -0.3 is 9.84 Å². The van der Waals surface area contributed by atoms with Gasteiger partial charge in [-0.05, 0) is 24.1 Å². The van der Waals surface area contributed by atoms with E-state index < -0.39 is 5.97 Å². The molecular formula is C18H18N4O3. The van der Waals surface area contributed by atoms with Gasteiger partial charge in [-0.15, -0.1) is 0 Å². The van der Waals surface area contributed by atoms with E-state index >= 15 is 0 Å². The summed E-state index contributed by atoms with van der Waals surface area (Å²) in [6, 6.07) is 5.57. The van der Waals surface area contributed by atoms with Crippen LogP contribution in [0.2, 0.25) is 0 Å². The van der Waals surface area contributed by atoms with Crippen molar-refractivity contribution in [1.29, 1.82) is 0 Å². The van der Waals surface area contributed by atoms with Crippen molar-refractivity contribution in [2.45, 2.75) is 13.8 Å². The molecular weight excluding hydrogens is 320 g/mol. The summed E-state index contributed by atoms with van der Waals surface area (Å²) < 4.78 is 7.42. The monoisotopic (exact) mass is 338 g/mol. The second-order valence-electron chi connectivity index (χ2n) is 5.99. The van der Waals surface area contributed by atoms with Gasteiger partial charge in [-0.1, -0.05) is 13.8 Å². The van der Waals surface area contributed by atoms with Gasteiger partial charge in [0, 0.05) is 29.7 Å². The second kappa shape index (κ2) is 7.12. The molecule has 0 saturated heterocycles. The van der Waals surface area contributed by atoms with Gasteiger partial charge in [-0.2, -0.15) is 5.10 Å². The Kier molecular flexibility index (Phi) is 4.74. The summed E-state index contributed by atoms with van der Waals surface area (Å²) >= 11 is 0. The first-order chi connectivity index (χ1) is 12.0. The first-order valence-corrected chi connectivity index (χ1v) is 7.85. The maximum Gasteiger partial charge on any atom is 0.338 e. The van der Waals surface area contributed by atoms with Gasteiger partial charge in [0.05, 0.1) is 24.1 Å². The van der Waals surface area contributed by atoms with Crippen molar-refractivity contribution in [2.75, 3.05) is 6.61 Å². The van der Waals surface area contributed by atoms with Crippen molar-refractivity contribution < 1.29 is 14.6 Å². The van der Waals surface area contributed by atoms with E-state index in [1.807, 2.05) is 18.2 Å². The van der Waals surface area contributed by atoms with Crippen molar-refractivity contribution in [2.24, 2.45) is 5.92 Å². The van der Waals surface area contributed by atoms with Crippen molar-refractivity contribution in [3.8, 4) is 22.6 Å². The molecule has 0 aliphatic rings. The van der Waals surface area contributed by atoms with Crippen LogP contribution in [0.25, 0.3) is 16.8 Å². The van der Waals surface area contributed by atoms with E-state index in [0.717, 1.165) is 22.6 Å². The van der Waals surface area contributed by atoms with Crippen LogP contribution < -0.4 is 4.74 Å². The molecule has 1 N–H and O–H groups in total. The summed E-state index contributed by atoms with van der Waals surface area (Å²) in [6.45, 7) is 4.75. The zero-order chi connectivity index (χ0) is 17.8. The van der Waals surface area contributed by atoms with Crippen LogP contribution in [0.3, 0.4) is 0 Å². The number of carboxylic acids is 1. The molecule has 0 amide bonds. The molecule has 0 saturated carbocycles. The van der Waals surface area contributed by atoms with E-state index in [2.05, 4.69) is 28.9 Å². The fourth-order valence-electron chi connectivity index (χ4n) is 2.28. The van der Waals surface area contributed by atoms with Crippen LogP contribution in [-0.2, 0) is 0 Å². The molecule has 0 unspecified atom stereocenters. The van der Waals surface area contributed by atoms with Crippen LogP contribution >= 0.6 is 0 Å². The summed E-state index contributed by atoms with van der Waals surface area (Å²) in [5, 5.41) is 13.2. The van der Waals surface area contributed by atoms with Crippen LogP contribution in [0.5, 0.6) is 5.75 Å². The van der Waals surface area contributed by atoms with Crippen LogP contribution in [0.15, 0.2) is 49.3 Å². The molecule has 7 heteroatoms. The van der Waals surface area contributed by atoms with E-state index in [1.165, 1.54) is 23.4 Å². The van der Waals surface area contributed by atoms with Crippen LogP contribution in [0, 0.1) is 5.92 Å². The van der Waals surface area contributed by atoms with Gasteiger partial charge in [0.25, 0.3) is 0 Å². The highest BCUT2D eigenvalue weighted by Crippen LogP contribution is 2.31. The molecule has 3 aromatic rings. The molecule has 2 aromatic heterocycles. The molecule has 0 radical (unpaired) electrons. The largest absolute Gasteiger partial charge is 0.493 e. The van der Waals surface area contributed by atoms with E-state index in [0.29, 0.717) is 12.5 Å². The minimum absolute atomic E-state index is 0.129. The summed E-state index contributed by atoms with van der Waals surface area (Å²) in [6.07, 6.45) is 7.67. The Morgan fingerprint density at radius 3 is 2.64 bits per heavy atom. The third-order valence-electron chi connectivity index (χ3n) is 3.50. The molecule has 0 spiro atoms. The van der Waals surface area contributed by atoms with Crippen molar-refractivity contribution >= 4 is 5.97 Å². The highest BCUT2D eigenvalue weighted by Gasteiger charge is 2.12. The number of hydrogen-bond donors (Lipinski definition) is 1. The summed E-state index contributed by atoms with van der Waals surface area (Å²) in [5.41, 5.74) is 2.49. The average Bonchev–Trinajstić information content (AvgIpc) is 3.11. The maximum atomic E-state index is 11.0. The Morgan fingerprint density at radius 2 is 2.00 bits per heavy atom. The van der Waals surface area contributed by atoms with Crippen molar-refractivity contribution in [1.82, 2.24) is 19.7 Å². The third-order valence-corrected chi connectivity index (χ3v) is 3.50. The summed E-state index contributed by atoms with van der Waals surface area (Å²) in [4.78, 5) is 19.2. The lowest BCUT2D eigenvalue weighted by atomic mass is 10.1. The minimum Gasteiger partial charge on any atom is -0.493 e. The molecule has 2 heterocycles. The van der Waals surface area contributed by atoms with Crippen LogP contribution in [-0.4, -0.2) is 37.4 Å². The van der Waals surface area contributed by atoms with Gasteiger partial charge in [-0.3, -0.25) is 0 Å². The van der Waals surface area contributed by atoms with E-state index in [1.54, 1.807) is 12.4 Å².